The van der Waals surface area contributed by atoms with E-state index >= 15 is 0 Å². The summed E-state index contributed by atoms with van der Waals surface area (Å²) in [5.74, 6) is 2.33. The quantitative estimate of drug-likeness (QED) is 0.365. The number of anilines is 4. The van der Waals surface area contributed by atoms with Crippen LogP contribution in [0.25, 0.3) is 10.3 Å². The van der Waals surface area contributed by atoms with E-state index in [1.807, 2.05) is 37.5 Å². The molecule has 0 bridgehead atoms. The van der Waals surface area contributed by atoms with Crippen LogP contribution in [0.5, 0.6) is 0 Å². The van der Waals surface area contributed by atoms with Gasteiger partial charge in [-0.25, -0.2) is 15.0 Å². The van der Waals surface area contributed by atoms with E-state index in [0.29, 0.717) is 5.88 Å². The van der Waals surface area contributed by atoms with E-state index in [0.717, 1.165) is 45.6 Å². The zero-order valence-corrected chi connectivity index (χ0v) is 18.0. The van der Waals surface area contributed by atoms with Crippen molar-refractivity contribution in [2.24, 2.45) is 0 Å². The van der Waals surface area contributed by atoms with Gasteiger partial charge >= 0.3 is 0 Å². The molecule has 0 aliphatic rings. The van der Waals surface area contributed by atoms with Gasteiger partial charge in [-0.15, -0.1) is 11.6 Å². The number of hydrogen-bond acceptors (Lipinski definition) is 6. The fourth-order valence-corrected chi connectivity index (χ4v) is 4.00. The SMILES string of the molecule is Cc1ccc(N(C)c2ccc3nc(Nc4cc(CCCCl)ccn4)sc3n2)cc1. The van der Waals surface area contributed by atoms with Gasteiger partial charge in [0.2, 0.25) is 0 Å². The summed E-state index contributed by atoms with van der Waals surface area (Å²) in [6.45, 7) is 2.09. The maximum absolute atomic E-state index is 5.80. The number of hydrogen-bond donors (Lipinski definition) is 1. The molecule has 3 aromatic heterocycles. The van der Waals surface area contributed by atoms with Crippen molar-refractivity contribution in [3.05, 3.63) is 65.9 Å². The molecule has 0 unspecified atom stereocenters. The van der Waals surface area contributed by atoms with E-state index < -0.39 is 0 Å². The van der Waals surface area contributed by atoms with Gasteiger partial charge in [-0.05, 0) is 61.7 Å². The van der Waals surface area contributed by atoms with E-state index in [2.05, 4.69) is 51.4 Å². The second kappa shape index (κ2) is 8.76. The van der Waals surface area contributed by atoms with Crippen LogP contribution < -0.4 is 10.2 Å². The highest BCUT2D eigenvalue weighted by Crippen LogP contribution is 2.30. The van der Waals surface area contributed by atoms with Gasteiger partial charge in [-0.1, -0.05) is 29.0 Å². The van der Waals surface area contributed by atoms with Crippen LogP contribution in [-0.4, -0.2) is 27.9 Å². The lowest BCUT2D eigenvalue weighted by Crippen LogP contribution is -2.10. The fraction of sp³-hybridized carbons (Fsp3) is 0.227. The van der Waals surface area contributed by atoms with Crippen molar-refractivity contribution in [2.45, 2.75) is 19.8 Å². The second-order valence-corrected chi connectivity index (χ2v) is 8.23. The first kappa shape index (κ1) is 19.6. The monoisotopic (exact) mass is 423 g/mol. The number of alkyl halides is 1. The van der Waals surface area contributed by atoms with Crippen LogP contribution in [0.3, 0.4) is 0 Å². The van der Waals surface area contributed by atoms with Crippen LogP contribution >= 0.6 is 22.9 Å². The molecule has 148 valence electrons. The predicted molar refractivity (Wildman–Crippen MR) is 123 cm³/mol. The van der Waals surface area contributed by atoms with Crippen molar-refractivity contribution in [3.63, 3.8) is 0 Å². The number of pyridine rings is 2. The van der Waals surface area contributed by atoms with Crippen LogP contribution in [0.1, 0.15) is 17.5 Å². The van der Waals surface area contributed by atoms with Crippen molar-refractivity contribution in [2.75, 3.05) is 23.1 Å². The van der Waals surface area contributed by atoms with Crippen LogP contribution in [0, 0.1) is 6.92 Å². The predicted octanol–water partition coefficient (Wildman–Crippen LogP) is 6.08. The molecule has 0 fully saturated rings. The van der Waals surface area contributed by atoms with Crippen molar-refractivity contribution < 1.29 is 0 Å². The average molecular weight is 424 g/mol. The molecule has 5 nitrogen and oxygen atoms in total. The van der Waals surface area contributed by atoms with Crippen molar-refractivity contribution in [3.8, 4) is 0 Å². The average Bonchev–Trinajstić information content (AvgIpc) is 3.14. The standard InChI is InChI=1S/C22H22ClN5S/c1-15-5-7-17(8-6-15)28(2)20-10-9-18-21(27-20)29-22(25-18)26-19-14-16(4-3-12-23)11-13-24-19/h5-11,13-14H,3-4,12H2,1-2H3,(H,24,25,26). The Morgan fingerprint density at radius 2 is 1.90 bits per heavy atom. The van der Waals surface area contributed by atoms with Crippen molar-refractivity contribution in [1.82, 2.24) is 15.0 Å². The zero-order valence-electron chi connectivity index (χ0n) is 16.4. The summed E-state index contributed by atoms with van der Waals surface area (Å²) in [4.78, 5) is 16.8. The molecular weight excluding hydrogens is 402 g/mol. The van der Waals surface area contributed by atoms with E-state index in [1.165, 1.54) is 22.5 Å². The first-order valence-corrected chi connectivity index (χ1v) is 10.8. The molecule has 0 radical (unpaired) electrons. The van der Waals surface area contributed by atoms with Gasteiger partial charge in [0.1, 0.15) is 22.0 Å². The number of nitrogens with zero attached hydrogens (tertiary/aromatic N) is 4. The summed E-state index contributed by atoms with van der Waals surface area (Å²) in [5, 5.41) is 4.09. The number of aromatic nitrogens is 3. The van der Waals surface area contributed by atoms with E-state index in [1.54, 1.807) is 0 Å². The molecular formula is C22H22ClN5S. The number of rotatable bonds is 7. The first-order valence-electron chi connectivity index (χ1n) is 9.48. The Morgan fingerprint density at radius 3 is 2.69 bits per heavy atom. The molecule has 0 spiro atoms. The minimum absolute atomic E-state index is 0.661. The summed E-state index contributed by atoms with van der Waals surface area (Å²) >= 11 is 7.32. The molecule has 0 saturated carbocycles. The number of fused-ring (bicyclic) bond motifs is 1. The second-order valence-electron chi connectivity index (χ2n) is 6.87. The summed E-state index contributed by atoms with van der Waals surface area (Å²) in [6, 6.07) is 16.5. The largest absolute Gasteiger partial charge is 0.329 e. The topological polar surface area (TPSA) is 53.9 Å². The summed E-state index contributed by atoms with van der Waals surface area (Å²) in [7, 11) is 2.02. The van der Waals surface area contributed by atoms with Gasteiger partial charge in [0.05, 0.1) is 0 Å². The zero-order chi connectivity index (χ0) is 20.2. The Labute approximate surface area is 179 Å². The minimum atomic E-state index is 0.661. The maximum atomic E-state index is 5.80. The molecule has 29 heavy (non-hydrogen) atoms. The van der Waals surface area contributed by atoms with E-state index in [9.17, 15) is 0 Å². The van der Waals surface area contributed by atoms with Crippen molar-refractivity contribution >= 4 is 55.7 Å². The molecule has 7 heteroatoms. The first-order chi connectivity index (χ1) is 14.1. The third-order valence-electron chi connectivity index (χ3n) is 4.66. The van der Waals surface area contributed by atoms with Gasteiger partial charge in [-0.2, -0.15) is 0 Å². The molecule has 4 aromatic rings. The number of halogens is 1. The van der Waals surface area contributed by atoms with Crippen molar-refractivity contribution in [1.29, 1.82) is 0 Å². The third-order valence-corrected chi connectivity index (χ3v) is 5.81. The maximum Gasteiger partial charge on any atom is 0.190 e. The van der Waals surface area contributed by atoms with Gasteiger partial charge < -0.3 is 10.2 Å². The number of nitrogens with one attached hydrogen (secondary N) is 1. The normalized spacial score (nSPS) is 11.0. The highest BCUT2D eigenvalue weighted by molar-refractivity contribution is 7.21. The molecule has 4 rings (SSSR count). The Bertz CT molecular complexity index is 1110. The molecule has 0 amide bonds. The molecule has 0 aliphatic carbocycles. The van der Waals surface area contributed by atoms with Crippen LogP contribution in [0.15, 0.2) is 54.7 Å². The highest BCUT2D eigenvalue weighted by Gasteiger charge is 2.11. The van der Waals surface area contributed by atoms with E-state index in [4.69, 9.17) is 16.6 Å². The fourth-order valence-electron chi connectivity index (χ4n) is 3.03. The lowest BCUT2D eigenvalue weighted by atomic mass is 10.1. The Kier molecular flexibility index (Phi) is 5.92. The molecule has 3 heterocycles. The Morgan fingerprint density at radius 1 is 1.07 bits per heavy atom. The highest BCUT2D eigenvalue weighted by atomic mass is 35.5. The number of thiazole rings is 1. The van der Waals surface area contributed by atoms with Gasteiger partial charge in [0.25, 0.3) is 0 Å². The molecule has 1 N–H and O–H groups in total. The van der Waals surface area contributed by atoms with Crippen LogP contribution in [0.4, 0.5) is 22.5 Å². The lowest BCUT2D eigenvalue weighted by molar-refractivity contribution is 0.926. The molecule has 0 aliphatic heterocycles. The third kappa shape index (κ3) is 4.66. The van der Waals surface area contributed by atoms with Gasteiger partial charge in [-0.3, -0.25) is 0 Å². The van der Waals surface area contributed by atoms with E-state index in [-0.39, 0.29) is 0 Å². The summed E-state index contributed by atoms with van der Waals surface area (Å²) in [6.07, 6.45) is 3.70. The lowest BCUT2D eigenvalue weighted by Gasteiger charge is -2.18. The smallest absolute Gasteiger partial charge is 0.190 e. The molecule has 1 aromatic carbocycles. The Balaban J connectivity index is 1.55. The number of benzene rings is 1. The Hall–Kier alpha value is -2.70. The molecule has 0 saturated heterocycles. The minimum Gasteiger partial charge on any atom is -0.329 e. The van der Waals surface area contributed by atoms with Gasteiger partial charge in [0, 0.05) is 24.8 Å². The summed E-state index contributed by atoms with van der Waals surface area (Å²) < 4.78 is 0. The van der Waals surface area contributed by atoms with Gasteiger partial charge in [0.15, 0.2) is 5.13 Å². The number of aryl methyl sites for hydroxylation is 2. The molecule has 0 atom stereocenters. The van der Waals surface area contributed by atoms with Crippen LogP contribution in [0.2, 0.25) is 0 Å². The van der Waals surface area contributed by atoms with Crippen LogP contribution in [-0.2, 0) is 6.42 Å². The summed E-state index contributed by atoms with van der Waals surface area (Å²) in [5.41, 5.74) is 4.42.